The van der Waals surface area contributed by atoms with E-state index in [2.05, 4.69) is 10.1 Å². The van der Waals surface area contributed by atoms with Gasteiger partial charge in [-0.15, -0.1) is 11.6 Å². The van der Waals surface area contributed by atoms with E-state index < -0.39 is 12.8 Å². The number of hydrogen-bond acceptors (Lipinski definition) is 2. The summed E-state index contributed by atoms with van der Waals surface area (Å²) in [6.45, 7) is 1.02. The molecule has 0 aromatic heterocycles. The molecule has 0 radical (unpaired) electrons. The number of carbonyl (C=O) groups excluding carboxylic acids is 1. The number of carbonyl (C=O) groups is 1. The number of rotatable bonds is 10. The van der Waals surface area contributed by atoms with Gasteiger partial charge in [-0.3, -0.25) is 4.79 Å². The van der Waals surface area contributed by atoms with Crippen LogP contribution in [0.2, 0.25) is 0 Å². The highest BCUT2D eigenvalue weighted by atomic mass is 35.5. The molecule has 0 fully saturated rings. The molecule has 1 amide bonds. The quantitative estimate of drug-likeness (QED) is 0.497. The zero-order valence-electron chi connectivity index (χ0n) is 11.1. The van der Waals surface area contributed by atoms with Crippen LogP contribution in [0, 0.1) is 5.92 Å². The fourth-order valence-corrected chi connectivity index (χ4v) is 1.92. The highest BCUT2D eigenvalue weighted by Gasteiger charge is 2.27. The van der Waals surface area contributed by atoms with Gasteiger partial charge in [0, 0.05) is 18.8 Å². The van der Waals surface area contributed by atoms with E-state index in [0.717, 1.165) is 19.3 Å². The van der Waals surface area contributed by atoms with Gasteiger partial charge in [0.2, 0.25) is 5.91 Å². The molecule has 1 N–H and O–H groups in total. The predicted octanol–water partition coefficient (Wildman–Crippen LogP) is 3.12. The summed E-state index contributed by atoms with van der Waals surface area (Å²) in [7, 11) is 0. The summed E-state index contributed by atoms with van der Waals surface area (Å²) in [5, 5.41) is 2.69. The first-order chi connectivity index (χ1) is 8.89. The molecule has 0 aromatic carbocycles. The van der Waals surface area contributed by atoms with Crippen molar-refractivity contribution in [3.05, 3.63) is 0 Å². The molecule has 1 unspecified atom stereocenters. The molecule has 0 saturated carbocycles. The van der Waals surface area contributed by atoms with Gasteiger partial charge < -0.3 is 10.1 Å². The van der Waals surface area contributed by atoms with Crippen molar-refractivity contribution in [1.29, 1.82) is 0 Å². The smallest absolute Gasteiger partial charge is 0.372 e. The van der Waals surface area contributed by atoms with Gasteiger partial charge in [-0.25, -0.2) is 0 Å². The summed E-state index contributed by atoms with van der Waals surface area (Å²) in [5.74, 6) is 0.565. The maximum Gasteiger partial charge on any atom is 0.411 e. The maximum atomic E-state index is 11.8. The predicted molar refractivity (Wildman–Crippen MR) is 68.2 cm³/mol. The lowest BCUT2D eigenvalue weighted by molar-refractivity contribution is -0.174. The zero-order chi connectivity index (χ0) is 14.7. The van der Waals surface area contributed by atoms with Crippen molar-refractivity contribution < 1.29 is 22.7 Å². The lowest BCUT2D eigenvalue weighted by atomic mass is 10.0. The highest BCUT2D eigenvalue weighted by Crippen LogP contribution is 2.14. The first-order valence-corrected chi connectivity index (χ1v) is 6.89. The Balaban J connectivity index is 3.67. The van der Waals surface area contributed by atoms with Gasteiger partial charge in [0.05, 0.1) is 6.61 Å². The number of ether oxygens (including phenoxy) is 1. The minimum absolute atomic E-state index is 0.0597. The topological polar surface area (TPSA) is 38.3 Å². The molecule has 0 aliphatic rings. The molecule has 0 aromatic rings. The van der Waals surface area contributed by atoms with E-state index in [0.29, 0.717) is 18.3 Å². The third-order valence-corrected chi connectivity index (χ3v) is 2.76. The normalized spacial score (nSPS) is 13.3. The molecule has 114 valence electrons. The fraction of sp³-hybridized carbons (Fsp3) is 0.917. The zero-order valence-corrected chi connectivity index (χ0v) is 11.8. The van der Waals surface area contributed by atoms with Gasteiger partial charge in [-0.05, 0) is 18.8 Å². The fourth-order valence-electron chi connectivity index (χ4n) is 1.61. The van der Waals surface area contributed by atoms with Crippen LogP contribution in [0.25, 0.3) is 0 Å². The highest BCUT2D eigenvalue weighted by molar-refractivity contribution is 6.17. The molecule has 0 saturated heterocycles. The molecule has 0 aliphatic carbocycles. The van der Waals surface area contributed by atoms with Gasteiger partial charge in [-0.1, -0.05) is 13.3 Å². The summed E-state index contributed by atoms with van der Waals surface area (Å²) in [4.78, 5) is 11.4. The molecular formula is C12H21ClF3NO2. The Bertz CT molecular complexity index is 244. The molecule has 19 heavy (non-hydrogen) atoms. The van der Waals surface area contributed by atoms with Crippen molar-refractivity contribution in [2.45, 2.75) is 38.8 Å². The van der Waals surface area contributed by atoms with Crippen LogP contribution < -0.4 is 5.32 Å². The Morgan fingerprint density at radius 1 is 1.37 bits per heavy atom. The third kappa shape index (κ3) is 12.3. The average Bonchev–Trinajstić information content (AvgIpc) is 2.31. The summed E-state index contributed by atoms with van der Waals surface area (Å²) in [5.41, 5.74) is 0. The van der Waals surface area contributed by atoms with Crippen molar-refractivity contribution in [3.8, 4) is 0 Å². The van der Waals surface area contributed by atoms with E-state index in [1.807, 2.05) is 6.92 Å². The Kier molecular flexibility index (Phi) is 10.0. The summed E-state index contributed by atoms with van der Waals surface area (Å²) < 4.78 is 39.7. The average molecular weight is 304 g/mol. The number of hydrogen-bond donors (Lipinski definition) is 1. The van der Waals surface area contributed by atoms with Crippen LogP contribution in [0.3, 0.4) is 0 Å². The minimum Gasteiger partial charge on any atom is -0.372 e. The van der Waals surface area contributed by atoms with Gasteiger partial charge >= 0.3 is 6.18 Å². The SMILES string of the molecule is CCCC(CCCl)CNC(=O)CCOCC(F)(F)F. The van der Waals surface area contributed by atoms with Crippen LogP contribution in [0.5, 0.6) is 0 Å². The monoisotopic (exact) mass is 303 g/mol. The molecule has 0 aliphatic heterocycles. The second-order valence-corrected chi connectivity index (χ2v) is 4.73. The van der Waals surface area contributed by atoms with Crippen molar-refractivity contribution >= 4 is 17.5 Å². The van der Waals surface area contributed by atoms with Crippen LogP contribution in [0.1, 0.15) is 32.6 Å². The van der Waals surface area contributed by atoms with Crippen molar-refractivity contribution in [2.24, 2.45) is 5.92 Å². The number of halogens is 4. The summed E-state index contributed by atoms with van der Waals surface area (Å²) >= 11 is 5.65. The molecule has 7 heteroatoms. The lowest BCUT2D eigenvalue weighted by Gasteiger charge is -2.15. The van der Waals surface area contributed by atoms with Crippen LogP contribution in [-0.2, 0) is 9.53 Å². The number of nitrogens with one attached hydrogen (secondary N) is 1. The third-order valence-electron chi connectivity index (χ3n) is 2.54. The Morgan fingerprint density at radius 2 is 2.05 bits per heavy atom. The largest absolute Gasteiger partial charge is 0.411 e. The van der Waals surface area contributed by atoms with Crippen molar-refractivity contribution in [3.63, 3.8) is 0 Å². The number of amides is 1. The Hall–Kier alpha value is -0.490. The van der Waals surface area contributed by atoms with Gasteiger partial charge in [0.1, 0.15) is 6.61 Å². The summed E-state index contributed by atoms with van der Waals surface area (Å²) in [6, 6.07) is 0. The molecule has 0 heterocycles. The summed E-state index contributed by atoms with van der Waals surface area (Å²) in [6.07, 6.45) is -1.61. The van der Waals surface area contributed by atoms with E-state index in [4.69, 9.17) is 11.6 Å². The van der Waals surface area contributed by atoms with E-state index in [1.54, 1.807) is 0 Å². The molecule has 1 atom stereocenters. The van der Waals surface area contributed by atoms with Crippen LogP contribution in [-0.4, -0.2) is 37.7 Å². The maximum absolute atomic E-state index is 11.8. The van der Waals surface area contributed by atoms with Gasteiger partial charge in [-0.2, -0.15) is 13.2 Å². The van der Waals surface area contributed by atoms with Crippen LogP contribution >= 0.6 is 11.6 Å². The first-order valence-electron chi connectivity index (χ1n) is 6.36. The van der Waals surface area contributed by atoms with Gasteiger partial charge in [0.15, 0.2) is 0 Å². The van der Waals surface area contributed by atoms with E-state index in [1.165, 1.54) is 0 Å². The van der Waals surface area contributed by atoms with Crippen molar-refractivity contribution in [1.82, 2.24) is 5.32 Å². The van der Waals surface area contributed by atoms with Gasteiger partial charge in [0.25, 0.3) is 0 Å². The second kappa shape index (κ2) is 10.3. The lowest BCUT2D eigenvalue weighted by Crippen LogP contribution is -2.30. The number of alkyl halides is 4. The van der Waals surface area contributed by atoms with E-state index in [9.17, 15) is 18.0 Å². The van der Waals surface area contributed by atoms with Crippen molar-refractivity contribution in [2.75, 3.05) is 25.6 Å². The molecule has 0 rings (SSSR count). The van der Waals surface area contributed by atoms with E-state index >= 15 is 0 Å². The van der Waals surface area contributed by atoms with E-state index in [-0.39, 0.29) is 18.9 Å². The second-order valence-electron chi connectivity index (χ2n) is 4.35. The van der Waals surface area contributed by atoms with Crippen LogP contribution in [0.15, 0.2) is 0 Å². The van der Waals surface area contributed by atoms with Crippen LogP contribution in [0.4, 0.5) is 13.2 Å². The molecule has 0 spiro atoms. The molecular weight excluding hydrogens is 283 g/mol. The minimum atomic E-state index is -4.34. The standard InChI is InChI=1S/C12H21ClF3NO2/c1-2-3-10(4-6-13)8-17-11(18)5-7-19-9-12(14,15)16/h10H,2-9H2,1H3,(H,17,18). The molecule has 0 bridgehead atoms. The Labute approximate surface area is 116 Å². The molecule has 3 nitrogen and oxygen atoms in total. The Morgan fingerprint density at radius 3 is 2.58 bits per heavy atom. The first kappa shape index (κ1) is 18.5.